The number of amides is 2. The minimum Gasteiger partial charge on any atom is -0.295 e. The molecule has 0 aromatic rings. The van der Waals surface area contributed by atoms with E-state index >= 15 is 0 Å². The molecule has 0 aromatic carbocycles. The van der Waals surface area contributed by atoms with Gasteiger partial charge in [-0.3, -0.25) is 10.2 Å². The molecule has 0 aromatic heterocycles. The molecule has 0 aliphatic carbocycles. The van der Waals surface area contributed by atoms with Gasteiger partial charge in [0.05, 0.1) is 6.54 Å². The van der Waals surface area contributed by atoms with Crippen molar-refractivity contribution >= 4 is 17.8 Å². The van der Waals surface area contributed by atoms with Gasteiger partial charge >= 0.3 is 6.03 Å². The lowest BCUT2D eigenvalue weighted by atomic mass is 10.4. The smallest absolute Gasteiger partial charge is 0.295 e. The quantitative estimate of drug-likeness (QED) is 0.550. The van der Waals surface area contributed by atoms with Crippen LogP contribution in [-0.2, 0) is 0 Å². The molecule has 0 spiro atoms. The second-order valence-corrected chi connectivity index (χ2v) is 2.55. The normalized spacial score (nSPS) is 21.1. The highest BCUT2D eigenvalue weighted by atomic mass is 16.2. The van der Waals surface area contributed by atoms with E-state index in [4.69, 9.17) is 0 Å². The van der Waals surface area contributed by atoms with Crippen molar-refractivity contribution in [3.63, 3.8) is 0 Å². The first-order valence-electron chi connectivity index (χ1n) is 3.64. The molecule has 2 amide bonds. The van der Waals surface area contributed by atoms with E-state index in [1.807, 2.05) is 0 Å². The highest BCUT2D eigenvalue weighted by Crippen LogP contribution is 2.05. The van der Waals surface area contributed by atoms with E-state index in [2.05, 4.69) is 15.3 Å². The van der Waals surface area contributed by atoms with Crippen LogP contribution >= 0.6 is 0 Å². The summed E-state index contributed by atoms with van der Waals surface area (Å²) in [4.78, 5) is 20.8. The van der Waals surface area contributed by atoms with Crippen LogP contribution in [0.4, 0.5) is 4.79 Å². The van der Waals surface area contributed by atoms with Crippen LogP contribution in [-0.4, -0.2) is 29.3 Å². The van der Waals surface area contributed by atoms with Gasteiger partial charge in [-0.05, 0) is 13.0 Å². The van der Waals surface area contributed by atoms with Crippen molar-refractivity contribution in [2.45, 2.75) is 6.92 Å². The molecular weight excluding hydrogens is 156 g/mol. The molecule has 62 valence electrons. The maximum atomic E-state index is 11.3. The molecule has 2 aliphatic rings. The first-order chi connectivity index (χ1) is 5.77. The number of carbonyl (C=O) groups is 1. The van der Waals surface area contributed by atoms with Crippen molar-refractivity contribution in [3.8, 4) is 0 Å². The molecule has 0 bridgehead atoms. The van der Waals surface area contributed by atoms with E-state index in [0.29, 0.717) is 18.3 Å². The van der Waals surface area contributed by atoms with E-state index in [0.717, 1.165) is 0 Å². The predicted molar refractivity (Wildman–Crippen MR) is 44.9 cm³/mol. The Morgan fingerprint density at radius 3 is 3.33 bits per heavy atom. The van der Waals surface area contributed by atoms with Gasteiger partial charge in [-0.2, -0.15) is 4.99 Å². The van der Waals surface area contributed by atoms with E-state index in [1.54, 1.807) is 19.2 Å². The lowest BCUT2D eigenvalue weighted by Gasteiger charge is -2.26. The minimum absolute atomic E-state index is 0.161. The molecule has 1 N–H and O–H groups in total. The van der Waals surface area contributed by atoms with Crippen LogP contribution in [0.3, 0.4) is 0 Å². The topological polar surface area (TPSA) is 57.1 Å². The number of carbonyl (C=O) groups excluding carboxylic acids is 1. The van der Waals surface area contributed by atoms with Gasteiger partial charge in [0.1, 0.15) is 5.84 Å². The molecule has 0 saturated carbocycles. The van der Waals surface area contributed by atoms with Gasteiger partial charge < -0.3 is 0 Å². The molecule has 5 heteroatoms. The highest BCUT2D eigenvalue weighted by molar-refractivity contribution is 6.13. The third kappa shape index (κ3) is 0.990. The molecule has 2 rings (SSSR count). The largest absolute Gasteiger partial charge is 0.329 e. The lowest BCUT2D eigenvalue weighted by molar-refractivity contribution is 0.226. The number of nitrogens with zero attached hydrogens (tertiary/aromatic N) is 3. The third-order valence-electron chi connectivity index (χ3n) is 1.63. The molecule has 2 aliphatic heterocycles. The van der Waals surface area contributed by atoms with Crippen molar-refractivity contribution in [1.29, 1.82) is 0 Å². The second kappa shape index (κ2) is 2.44. The van der Waals surface area contributed by atoms with E-state index in [1.165, 1.54) is 4.90 Å². The number of aliphatic imine (C=N–C) groups is 2. The first kappa shape index (κ1) is 7.02. The summed E-state index contributed by atoms with van der Waals surface area (Å²) in [6, 6.07) is -0.161. The third-order valence-corrected chi connectivity index (χ3v) is 1.63. The van der Waals surface area contributed by atoms with E-state index in [-0.39, 0.29) is 6.03 Å². The van der Waals surface area contributed by atoms with Crippen molar-refractivity contribution < 1.29 is 4.79 Å². The number of hydrogen-bond acceptors (Lipinski definition) is 3. The average Bonchev–Trinajstić information content (AvgIpc) is 2.04. The fraction of sp³-hybridized carbons (Fsp3) is 0.286. The molecular formula is C7H8N4O. The fourth-order valence-electron chi connectivity index (χ4n) is 1.09. The van der Waals surface area contributed by atoms with Crippen molar-refractivity contribution in [3.05, 3.63) is 12.3 Å². The number of fused-ring (bicyclic) bond motifs is 1. The number of rotatable bonds is 0. The van der Waals surface area contributed by atoms with E-state index in [9.17, 15) is 4.79 Å². The molecule has 0 saturated heterocycles. The summed E-state index contributed by atoms with van der Waals surface area (Å²) in [5, 5.41) is 2.60. The SMILES string of the molecule is CC1=NC2=NC=CCN2C(=O)N1. The van der Waals surface area contributed by atoms with Gasteiger partial charge in [0.2, 0.25) is 5.96 Å². The summed E-state index contributed by atoms with van der Waals surface area (Å²) in [7, 11) is 0. The van der Waals surface area contributed by atoms with Crippen LogP contribution in [0.1, 0.15) is 6.92 Å². The predicted octanol–water partition coefficient (Wildman–Crippen LogP) is 0.313. The van der Waals surface area contributed by atoms with Crippen molar-refractivity contribution in [2.24, 2.45) is 9.98 Å². The zero-order valence-corrected chi connectivity index (χ0v) is 6.61. The van der Waals surface area contributed by atoms with Crippen LogP contribution < -0.4 is 5.32 Å². The van der Waals surface area contributed by atoms with Gasteiger partial charge in [-0.25, -0.2) is 9.79 Å². The average molecular weight is 164 g/mol. The molecule has 0 fully saturated rings. The number of urea groups is 1. The Morgan fingerprint density at radius 1 is 1.67 bits per heavy atom. The Morgan fingerprint density at radius 2 is 2.50 bits per heavy atom. The van der Waals surface area contributed by atoms with Crippen LogP contribution in [0.25, 0.3) is 0 Å². The maximum Gasteiger partial charge on any atom is 0.329 e. The van der Waals surface area contributed by atoms with Crippen LogP contribution in [0.2, 0.25) is 0 Å². The second-order valence-electron chi connectivity index (χ2n) is 2.55. The molecule has 2 heterocycles. The van der Waals surface area contributed by atoms with Gasteiger partial charge in [0.25, 0.3) is 0 Å². The summed E-state index contributed by atoms with van der Waals surface area (Å²) < 4.78 is 0. The summed E-state index contributed by atoms with van der Waals surface area (Å²) >= 11 is 0. The zero-order valence-electron chi connectivity index (χ0n) is 6.61. The summed E-state index contributed by atoms with van der Waals surface area (Å²) in [5.41, 5.74) is 0. The monoisotopic (exact) mass is 164 g/mol. The highest BCUT2D eigenvalue weighted by Gasteiger charge is 2.24. The molecule has 5 nitrogen and oxygen atoms in total. The molecule has 0 radical (unpaired) electrons. The lowest BCUT2D eigenvalue weighted by Crippen LogP contribution is -2.50. The Hall–Kier alpha value is -1.65. The number of nitrogens with one attached hydrogen (secondary N) is 1. The minimum atomic E-state index is -0.161. The Kier molecular flexibility index (Phi) is 1.43. The van der Waals surface area contributed by atoms with Gasteiger partial charge in [-0.15, -0.1) is 0 Å². The Labute approximate surface area is 69.5 Å². The number of hydrogen-bond donors (Lipinski definition) is 1. The van der Waals surface area contributed by atoms with Gasteiger partial charge in [-0.1, -0.05) is 0 Å². The standard InChI is InChI=1S/C7H8N4O/c1-5-9-6-8-3-2-4-11(6)7(12)10-5/h2-3H,4H2,1H3,(H,8,9,10,12). The van der Waals surface area contributed by atoms with Crippen molar-refractivity contribution in [1.82, 2.24) is 10.2 Å². The molecule has 0 atom stereocenters. The van der Waals surface area contributed by atoms with E-state index < -0.39 is 0 Å². The fourth-order valence-corrected chi connectivity index (χ4v) is 1.09. The Balaban J connectivity index is 2.39. The van der Waals surface area contributed by atoms with Crippen LogP contribution in [0, 0.1) is 0 Å². The number of guanidine groups is 1. The van der Waals surface area contributed by atoms with Gasteiger partial charge in [0.15, 0.2) is 0 Å². The summed E-state index contributed by atoms with van der Waals surface area (Å²) in [6.45, 7) is 2.28. The maximum absolute atomic E-state index is 11.3. The van der Waals surface area contributed by atoms with Crippen molar-refractivity contribution in [2.75, 3.05) is 6.54 Å². The summed E-state index contributed by atoms with van der Waals surface area (Å²) in [6.07, 6.45) is 3.46. The van der Waals surface area contributed by atoms with Crippen LogP contribution in [0.15, 0.2) is 22.3 Å². The summed E-state index contributed by atoms with van der Waals surface area (Å²) in [5.74, 6) is 1.06. The molecule has 0 unspecified atom stereocenters. The first-order valence-corrected chi connectivity index (χ1v) is 3.64. The Bertz CT molecular complexity index is 313. The molecule has 12 heavy (non-hydrogen) atoms. The zero-order chi connectivity index (χ0) is 8.55. The van der Waals surface area contributed by atoms with Crippen LogP contribution in [0.5, 0.6) is 0 Å². The number of amidine groups is 1. The van der Waals surface area contributed by atoms with Gasteiger partial charge in [0, 0.05) is 6.20 Å².